The summed E-state index contributed by atoms with van der Waals surface area (Å²) in [6, 6.07) is 14.7. The van der Waals surface area contributed by atoms with E-state index in [0.717, 1.165) is 33.5 Å². The lowest BCUT2D eigenvalue weighted by Crippen LogP contribution is -2.12. The molecule has 0 radical (unpaired) electrons. The number of thiazole rings is 1. The molecular weight excluding hydrogens is 392 g/mol. The summed E-state index contributed by atoms with van der Waals surface area (Å²) in [7, 11) is -3.66. The first-order chi connectivity index (χ1) is 13.4. The highest BCUT2D eigenvalue weighted by molar-refractivity contribution is 7.93. The van der Waals surface area contributed by atoms with Gasteiger partial charge in [0.15, 0.2) is 5.13 Å². The standard InChI is InChI=1S/C20H18N4O2S2/c1-13-3-8-18-17(11-13)19(12-14(2)22-18)23-15-4-6-16(7-5-15)28(25,26)24-20-21-9-10-27-20/h3-12H,1-2H3,(H,21,24)(H,22,23). The van der Waals surface area contributed by atoms with Crippen molar-refractivity contribution in [2.45, 2.75) is 18.7 Å². The van der Waals surface area contributed by atoms with Crippen molar-refractivity contribution in [2.75, 3.05) is 10.0 Å². The van der Waals surface area contributed by atoms with Gasteiger partial charge in [-0.3, -0.25) is 9.71 Å². The Morgan fingerprint density at radius 2 is 1.79 bits per heavy atom. The van der Waals surface area contributed by atoms with Gasteiger partial charge in [0.05, 0.1) is 10.4 Å². The normalized spacial score (nSPS) is 11.5. The summed E-state index contributed by atoms with van der Waals surface area (Å²) in [6.07, 6.45) is 1.55. The smallest absolute Gasteiger partial charge is 0.263 e. The van der Waals surface area contributed by atoms with E-state index in [2.05, 4.69) is 26.1 Å². The second kappa shape index (κ2) is 7.21. The number of hydrogen-bond acceptors (Lipinski definition) is 6. The lowest BCUT2D eigenvalue weighted by Gasteiger charge is -2.12. The first-order valence-corrected chi connectivity index (χ1v) is 10.9. The van der Waals surface area contributed by atoms with Crippen LogP contribution in [0.2, 0.25) is 0 Å². The SMILES string of the molecule is Cc1ccc2nc(C)cc(Nc3ccc(S(=O)(=O)Nc4nccs4)cc3)c2c1. The number of nitrogens with zero attached hydrogens (tertiary/aromatic N) is 2. The molecule has 0 unspecified atom stereocenters. The van der Waals surface area contributed by atoms with Gasteiger partial charge in [0.25, 0.3) is 10.0 Å². The van der Waals surface area contributed by atoms with Crippen molar-refractivity contribution in [3.05, 3.63) is 71.4 Å². The van der Waals surface area contributed by atoms with Crippen LogP contribution in [-0.2, 0) is 10.0 Å². The zero-order valence-electron chi connectivity index (χ0n) is 15.3. The predicted molar refractivity (Wildman–Crippen MR) is 114 cm³/mol. The van der Waals surface area contributed by atoms with E-state index in [9.17, 15) is 8.42 Å². The molecule has 0 fully saturated rings. The minimum absolute atomic E-state index is 0.180. The number of nitrogens with one attached hydrogen (secondary N) is 2. The lowest BCUT2D eigenvalue weighted by atomic mass is 10.1. The number of hydrogen-bond donors (Lipinski definition) is 2. The highest BCUT2D eigenvalue weighted by Gasteiger charge is 2.15. The van der Waals surface area contributed by atoms with Crippen molar-refractivity contribution in [3.63, 3.8) is 0 Å². The van der Waals surface area contributed by atoms with E-state index in [0.29, 0.717) is 5.13 Å². The van der Waals surface area contributed by atoms with Crippen LogP contribution in [0, 0.1) is 13.8 Å². The largest absolute Gasteiger partial charge is 0.355 e. The second-order valence-corrected chi connectivity index (χ2v) is 9.00. The van der Waals surface area contributed by atoms with Gasteiger partial charge in [-0.1, -0.05) is 11.6 Å². The third kappa shape index (κ3) is 3.83. The van der Waals surface area contributed by atoms with E-state index < -0.39 is 10.0 Å². The summed E-state index contributed by atoms with van der Waals surface area (Å²) in [6.45, 7) is 3.99. The molecule has 2 N–H and O–H groups in total. The van der Waals surface area contributed by atoms with Gasteiger partial charge >= 0.3 is 0 Å². The van der Waals surface area contributed by atoms with Gasteiger partial charge in [-0.25, -0.2) is 13.4 Å². The van der Waals surface area contributed by atoms with E-state index in [1.807, 2.05) is 32.0 Å². The summed E-state index contributed by atoms with van der Waals surface area (Å²) in [4.78, 5) is 8.70. The van der Waals surface area contributed by atoms with Gasteiger partial charge < -0.3 is 5.32 Å². The van der Waals surface area contributed by atoms with E-state index in [1.165, 1.54) is 11.3 Å². The number of pyridine rings is 1. The molecule has 0 saturated carbocycles. The van der Waals surface area contributed by atoms with Crippen LogP contribution in [0.25, 0.3) is 10.9 Å². The van der Waals surface area contributed by atoms with Gasteiger partial charge in [-0.05, 0) is 56.3 Å². The molecule has 142 valence electrons. The molecule has 0 atom stereocenters. The molecule has 28 heavy (non-hydrogen) atoms. The van der Waals surface area contributed by atoms with Gasteiger partial charge in [-0.15, -0.1) is 11.3 Å². The van der Waals surface area contributed by atoms with Crippen LogP contribution in [0.15, 0.2) is 65.0 Å². The molecule has 4 rings (SSSR count). The molecule has 0 saturated heterocycles. The molecule has 0 bridgehead atoms. The maximum absolute atomic E-state index is 12.5. The Morgan fingerprint density at radius 3 is 2.50 bits per heavy atom. The Kier molecular flexibility index (Phi) is 4.74. The number of aromatic nitrogens is 2. The predicted octanol–water partition coefficient (Wildman–Crippen LogP) is 4.85. The first-order valence-electron chi connectivity index (χ1n) is 8.58. The van der Waals surface area contributed by atoms with Crippen molar-refractivity contribution in [1.82, 2.24) is 9.97 Å². The fraction of sp³-hybridized carbons (Fsp3) is 0.100. The summed E-state index contributed by atoms with van der Waals surface area (Å²) >= 11 is 1.23. The van der Waals surface area contributed by atoms with Gasteiger partial charge in [-0.2, -0.15) is 0 Å². The van der Waals surface area contributed by atoms with Crippen molar-refractivity contribution < 1.29 is 8.42 Å². The van der Waals surface area contributed by atoms with Crippen molar-refractivity contribution >= 4 is 48.8 Å². The van der Waals surface area contributed by atoms with Crippen LogP contribution in [-0.4, -0.2) is 18.4 Å². The maximum atomic E-state index is 12.5. The molecule has 0 aliphatic carbocycles. The van der Waals surface area contributed by atoms with E-state index in [-0.39, 0.29) is 4.90 Å². The molecule has 2 aromatic carbocycles. The zero-order valence-corrected chi connectivity index (χ0v) is 16.9. The average Bonchev–Trinajstić information content (AvgIpc) is 3.15. The molecule has 6 nitrogen and oxygen atoms in total. The second-order valence-electron chi connectivity index (χ2n) is 6.42. The minimum atomic E-state index is -3.66. The van der Waals surface area contributed by atoms with E-state index in [4.69, 9.17) is 0 Å². The van der Waals surface area contributed by atoms with E-state index in [1.54, 1.807) is 35.8 Å². The average molecular weight is 411 g/mol. The number of aryl methyl sites for hydroxylation is 2. The molecule has 0 aliphatic heterocycles. The molecule has 0 aliphatic rings. The van der Waals surface area contributed by atoms with Crippen LogP contribution >= 0.6 is 11.3 Å². The van der Waals surface area contributed by atoms with Crippen LogP contribution in [0.5, 0.6) is 0 Å². The highest BCUT2D eigenvalue weighted by atomic mass is 32.2. The molecule has 2 aromatic heterocycles. The minimum Gasteiger partial charge on any atom is -0.355 e. The van der Waals surface area contributed by atoms with Crippen molar-refractivity contribution in [1.29, 1.82) is 0 Å². The Morgan fingerprint density at radius 1 is 1.00 bits per heavy atom. The van der Waals surface area contributed by atoms with Gasteiger partial charge in [0, 0.05) is 34.0 Å². The number of anilines is 3. The zero-order chi connectivity index (χ0) is 19.7. The molecule has 4 aromatic rings. The monoisotopic (exact) mass is 410 g/mol. The summed E-state index contributed by atoms with van der Waals surface area (Å²) in [5.74, 6) is 0. The summed E-state index contributed by atoms with van der Waals surface area (Å²) in [5, 5.41) is 6.45. The van der Waals surface area contributed by atoms with Crippen LogP contribution in [0.1, 0.15) is 11.3 Å². The quantitative estimate of drug-likeness (QED) is 0.491. The maximum Gasteiger partial charge on any atom is 0.263 e. The van der Waals surface area contributed by atoms with Crippen LogP contribution < -0.4 is 10.0 Å². The van der Waals surface area contributed by atoms with Crippen molar-refractivity contribution in [2.24, 2.45) is 0 Å². The molecule has 0 spiro atoms. The third-order valence-corrected chi connectivity index (χ3v) is 6.36. The molecule has 8 heteroatoms. The Labute approximate surface area is 167 Å². The summed E-state index contributed by atoms with van der Waals surface area (Å²) < 4.78 is 27.4. The number of benzene rings is 2. The number of sulfonamides is 1. The number of rotatable bonds is 5. The van der Waals surface area contributed by atoms with Crippen LogP contribution in [0.3, 0.4) is 0 Å². The molecule has 0 amide bonds. The number of fused-ring (bicyclic) bond motifs is 1. The van der Waals surface area contributed by atoms with E-state index >= 15 is 0 Å². The molecule has 2 heterocycles. The van der Waals surface area contributed by atoms with Gasteiger partial charge in [0.1, 0.15) is 0 Å². The first kappa shape index (κ1) is 18.4. The van der Waals surface area contributed by atoms with Crippen molar-refractivity contribution in [3.8, 4) is 0 Å². The van der Waals surface area contributed by atoms with Crippen LogP contribution in [0.4, 0.5) is 16.5 Å². The Bertz CT molecular complexity index is 1240. The topological polar surface area (TPSA) is 84.0 Å². The molecular formula is C20H18N4O2S2. The Hall–Kier alpha value is -2.97. The van der Waals surface area contributed by atoms with Gasteiger partial charge in [0.2, 0.25) is 0 Å². The fourth-order valence-corrected chi connectivity index (χ4v) is 4.68. The highest BCUT2D eigenvalue weighted by Crippen LogP contribution is 2.28. The fourth-order valence-electron chi connectivity index (χ4n) is 2.90. The Balaban J connectivity index is 1.62. The lowest BCUT2D eigenvalue weighted by molar-refractivity contribution is 0.601. The summed E-state index contributed by atoms with van der Waals surface area (Å²) in [5.41, 5.74) is 4.70. The third-order valence-electron chi connectivity index (χ3n) is 4.19.